The lowest BCUT2D eigenvalue weighted by Crippen LogP contribution is -2.60. The molecule has 1 fully saturated rings. The lowest BCUT2D eigenvalue weighted by Gasteiger charge is -2.39. The molecule has 5 atom stereocenters. The first-order valence-electron chi connectivity index (χ1n) is 12.8. The van der Waals surface area contributed by atoms with Crippen molar-refractivity contribution in [3.8, 4) is 34.3 Å². The molecule has 0 amide bonds. The number of ether oxygens (including phenoxy) is 4. The van der Waals surface area contributed by atoms with E-state index in [-0.39, 0.29) is 34.5 Å². The Morgan fingerprint density at radius 1 is 1.05 bits per heavy atom. The molecule has 12 heteroatoms. The second-order valence-corrected chi connectivity index (χ2v) is 9.79. The van der Waals surface area contributed by atoms with Crippen LogP contribution in [-0.2, 0) is 16.0 Å². The van der Waals surface area contributed by atoms with Crippen LogP contribution >= 0.6 is 0 Å². The predicted molar refractivity (Wildman–Crippen MR) is 145 cm³/mol. The number of aliphatic hydroxyl groups is 4. The summed E-state index contributed by atoms with van der Waals surface area (Å²) in [4.78, 5) is 25.6. The maximum absolute atomic E-state index is 13.7. The van der Waals surface area contributed by atoms with Crippen LogP contribution in [0.15, 0.2) is 51.2 Å². The smallest absolute Gasteiger partial charge is 0.308 e. The van der Waals surface area contributed by atoms with Crippen LogP contribution in [0.1, 0.15) is 26.3 Å². The van der Waals surface area contributed by atoms with Gasteiger partial charge in [-0.1, -0.05) is 11.6 Å². The maximum atomic E-state index is 13.7. The summed E-state index contributed by atoms with van der Waals surface area (Å²) in [6.45, 7) is 4.15. The molecule has 1 aromatic heterocycles. The Bertz CT molecular complexity index is 1500. The summed E-state index contributed by atoms with van der Waals surface area (Å²) in [7, 11) is 1.49. The van der Waals surface area contributed by atoms with Gasteiger partial charge in [0.2, 0.25) is 17.5 Å². The van der Waals surface area contributed by atoms with Gasteiger partial charge >= 0.3 is 5.97 Å². The highest BCUT2D eigenvalue weighted by Crippen LogP contribution is 2.41. The lowest BCUT2D eigenvalue weighted by molar-refractivity contribution is -0.277. The Kier molecular flexibility index (Phi) is 9.00. The number of hydrogen-bond acceptors (Lipinski definition) is 12. The number of benzene rings is 2. The molecule has 1 saturated heterocycles. The zero-order valence-electron chi connectivity index (χ0n) is 22.9. The molecular weight excluding hydrogens is 540 g/mol. The highest BCUT2D eigenvalue weighted by atomic mass is 16.7. The number of methoxy groups -OCH3 is 1. The number of phenols is 1. The number of carbonyl (C=O) groups excluding carboxylic acids is 1. The highest BCUT2D eigenvalue weighted by Gasteiger charge is 2.45. The summed E-state index contributed by atoms with van der Waals surface area (Å²) in [6.07, 6.45) is -5.90. The van der Waals surface area contributed by atoms with Crippen molar-refractivity contribution in [3.05, 3.63) is 57.8 Å². The number of aromatic hydroxyl groups is 1. The largest absolute Gasteiger partial charge is 0.507 e. The number of esters is 1. The summed E-state index contributed by atoms with van der Waals surface area (Å²) in [5.74, 6) is -1.42. The van der Waals surface area contributed by atoms with E-state index in [4.69, 9.17) is 23.4 Å². The van der Waals surface area contributed by atoms with Crippen molar-refractivity contribution >= 4 is 16.9 Å². The summed E-state index contributed by atoms with van der Waals surface area (Å²) in [6, 6.07) is 7.55. The zero-order valence-corrected chi connectivity index (χ0v) is 22.9. The Morgan fingerprint density at radius 2 is 1.73 bits per heavy atom. The molecule has 2 aromatic carbocycles. The van der Waals surface area contributed by atoms with Gasteiger partial charge in [-0.15, -0.1) is 0 Å². The van der Waals surface area contributed by atoms with Crippen molar-refractivity contribution in [2.75, 3.05) is 13.7 Å². The van der Waals surface area contributed by atoms with Crippen molar-refractivity contribution in [2.45, 2.75) is 57.9 Å². The molecule has 0 radical (unpaired) electrons. The molecule has 3 unspecified atom stereocenters. The fraction of sp³-hybridized carbons (Fsp3) is 0.379. The van der Waals surface area contributed by atoms with Gasteiger partial charge in [0.1, 0.15) is 52.6 Å². The molecule has 3 aromatic rings. The van der Waals surface area contributed by atoms with Crippen molar-refractivity contribution in [1.82, 2.24) is 0 Å². The second kappa shape index (κ2) is 12.3. The van der Waals surface area contributed by atoms with Crippen LogP contribution in [-0.4, -0.2) is 75.9 Å². The van der Waals surface area contributed by atoms with E-state index in [1.807, 2.05) is 13.8 Å². The van der Waals surface area contributed by atoms with Gasteiger partial charge in [0.25, 0.3) is 0 Å². The van der Waals surface area contributed by atoms with Gasteiger partial charge in [-0.3, -0.25) is 9.59 Å². The lowest BCUT2D eigenvalue weighted by atomic mass is 9.99. The number of allylic oxidation sites excluding steroid dienone is 2. The fourth-order valence-electron chi connectivity index (χ4n) is 4.42. The number of carbonyl (C=O) groups is 1. The molecule has 41 heavy (non-hydrogen) atoms. The third-order valence-electron chi connectivity index (χ3n) is 6.57. The van der Waals surface area contributed by atoms with Gasteiger partial charge in [0, 0.05) is 24.1 Å². The van der Waals surface area contributed by atoms with E-state index in [1.54, 1.807) is 30.3 Å². The van der Waals surface area contributed by atoms with E-state index in [0.29, 0.717) is 11.3 Å². The standard InChI is InChI=1S/C29H32O12/c1-13(2)5-10-17-19(39-29-25(36)24(35)22(33)20(12-30)40-29)11-18(32)21-23(34)28(38-14(3)31)26(41-27(17)21)15-6-8-16(37-4)9-7-15/h5-9,11,20,22,24-25,29-30,32-33,35-36H,10,12H2,1-4H3/t20?,22-,24?,25?,29-/m1/s1. The van der Waals surface area contributed by atoms with Gasteiger partial charge < -0.3 is 48.9 Å². The van der Waals surface area contributed by atoms with Crippen LogP contribution in [0.4, 0.5) is 0 Å². The highest BCUT2D eigenvalue weighted by molar-refractivity contribution is 5.92. The number of aliphatic hydroxyl groups excluding tert-OH is 4. The average Bonchev–Trinajstić information content (AvgIpc) is 2.93. The molecule has 5 N–H and O–H groups in total. The van der Waals surface area contributed by atoms with Crippen LogP contribution in [0.5, 0.6) is 23.0 Å². The SMILES string of the molecule is COc1ccc(-c2oc3c(CC=C(C)C)c(O[C@@H]4OC(CO)[C@@H](O)C(O)C4O)cc(O)c3c(=O)c2OC(C)=O)cc1. The van der Waals surface area contributed by atoms with E-state index in [0.717, 1.165) is 18.6 Å². The molecule has 12 nitrogen and oxygen atoms in total. The summed E-state index contributed by atoms with van der Waals surface area (Å²) in [5, 5.41) is 51.1. The number of phenolic OH excluding ortho intramolecular Hbond substituents is 1. The zero-order chi connectivity index (χ0) is 30.0. The first kappa shape index (κ1) is 30.0. The van der Waals surface area contributed by atoms with E-state index in [9.17, 15) is 35.1 Å². The van der Waals surface area contributed by atoms with Crippen molar-refractivity contribution in [3.63, 3.8) is 0 Å². The molecule has 0 spiro atoms. The van der Waals surface area contributed by atoms with Crippen LogP contribution < -0.4 is 19.6 Å². The third-order valence-corrected chi connectivity index (χ3v) is 6.57. The van der Waals surface area contributed by atoms with Crippen molar-refractivity contribution in [2.24, 2.45) is 0 Å². The topological polar surface area (TPSA) is 185 Å². The van der Waals surface area contributed by atoms with Crippen molar-refractivity contribution < 1.29 is 53.7 Å². The molecule has 2 heterocycles. The molecule has 1 aliphatic heterocycles. The summed E-state index contributed by atoms with van der Waals surface area (Å²) >= 11 is 0. The van der Waals surface area contributed by atoms with E-state index in [2.05, 4.69) is 0 Å². The summed E-state index contributed by atoms with van der Waals surface area (Å²) < 4.78 is 28.0. The molecular formula is C29H32O12. The van der Waals surface area contributed by atoms with E-state index < -0.39 is 60.2 Å². The third kappa shape index (κ3) is 6.06. The molecule has 1 aliphatic rings. The minimum Gasteiger partial charge on any atom is -0.507 e. The van der Waals surface area contributed by atoms with E-state index in [1.165, 1.54) is 7.11 Å². The quantitative estimate of drug-likeness (QED) is 0.195. The minimum atomic E-state index is -1.73. The second-order valence-electron chi connectivity index (χ2n) is 9.79. The average molecular weight is 573 g/mol. The van der Waals surface area contributed by atoms with Gasteiger partial charge in [0.05, 0.1) is 13.7 Å². The first-order chi connectivity index (χ1) is 19.5. The molecule has 0 bridgehead atoms. The van der Waals surface area contributed by atoms with Crippen LogP contribution in [0.2, 0.25) is 0 Å². The van der Waals surface area contributed by atoms with Crippen molar-refractivity contribution in [1.29, 1.82) is 0 Å². The Morgan fingerprint density at radius 3 is 2.32 bits per heavy atom. The van der Waals surface area contributed by atoms with Gasteiger partial charge in [0.15, 0.2) is 5.76 Å². The molecule has 0 aliphatic carbocycles. The number of rotatable bonds is 8. The Balaban J connectivity index is 1.97. The normalized spacial score (nSPS) is 22.3. The van der Waals surface area contributed by atoms with Gasteiger partial charge in [-0.2, -0.15) is 0 Å². The van der Waals surface area contributed by atoms with Crippen LogP contribution in [0.25, 0.3) is 22.3 Å². The Labute approximate surface area is 234 Å². The van der Waals surface area contributed by atoms with Crippen LogP contribution in [0.3, 0.4) is 0 Å². The first-order valence-corrected chi connectivity index (χ1v) is 12.8. The van der Waals surface area contributed by atoms with E-state index >= 15 is 0 Å². The minimum absolute atomic E-state index is 0.0686. The molecule has 0 saturated carbocycles. The van der Waals surface area contributed by atoms with Gasteiger partial charge in [-0.25, -0.2) is 0 Å². The molecule has 4 rings (SSSR count). The predicted octanol–water partition coefficient (Wildman–Crippen LogP) is 1.79. The van der Waals surface area contributed by atoms with Crippen LogP contribution in [0, 0.1) is 0 Å². The number of hydrogen-bond donors (Lipinski definition) is 5. The monoisotopic (exact) mass is 572 g/mol. The Hall–Kier alpha value is -3.94. The number of fused-ring (bicyclic) bond motifs is 1. The summed E-state index contributed by atoms with van der Waals surface area (Å²) in [5.41, 5.74) is 0.627. The van der Waals surface area contributed by atoms with Gasteiger partial charge in [-0.05, 0) is 44.5 Å². The fourth-order valence-corrected chi connectivity index (χ4v) is 4.42. The maximum Gasteiger partial charge on any atom is 0.308 e. The molecule has 220 valence electrons.